The number of hydrogen-bond acceptors (Lipinski definition) is 3. The molecule has 1 unspecified atom stereocenters. The maximum Gasteiger partial charge on any atom is 0.110 e. The molecule has 1 heterocycles. The van der Waals surface area contributed by atoms with Crippen LogP contribution in [0.25, 0.3) is 0 Å². The Morgan fingerprint density at radius 3 is 2.68 bits per heavy atom. The van der Waals surface area contributed by atoms with Gasteiger partial charge in [-0.15, -0.1) is 0 Å². The van der Waals surface area contributed by atoms with E-state index in [2.05, 4.69) is 41.7 Å². The third-order valence-corrected chi connectivity index (χ3v) is 4.72. The van der Waals surface area contributed by atoms with Crippen molar-refractivity contribution in [2.75, 3.05) is 14.1 Å². The van der Waals surface area contributed by atoms with Crippen LogP contribution >= 0.6 is 0 Å². The molecule has 1 aromatic rings. The molecular weight excluding hydrogens is 236 g/mol. The molecule has 1 fully saturated rings. The Hall–Kier alpha value is -0.870. The lowest BCUT2D eigenvalue weighted by Gasteiger charge is -2.41. The Morgan fingerprint density at radius 1 is 1.42 bits per heavy atom. The van der Waals surface area contributed by atoms with E-state index < -0.39 is 0 Å². The third kappa shape index (κ3) is 2.84. The summed E-state index contributed by atoms with van der Waals surface area (Å²) in [7, 11) is 4.34. The number of aromatic nitrogens is 2. The van der Waals surface area contributed by atoms with E-state index in [1.807, 2.05) is 6.20 Å². The standard InChI is InChI=1S/C15H28N4/c1-4-10-19-11-9-17-14(19)12-13(16)15(18(2)3)7-5-6-8-15/h9,11,13H,4-8,10,12,16H2,1-3H3. The average Bonchev–Trinajstić information content (AvgIpc) is 3.00. The van der Waals surface area contributed by atoms with Gasteiger partial charge in [0.1, 0.15) is 5.82 Å². The topological polar surface area (TPSA) is 47.1 Å². The van der Waals surface area contributed by atoms with Crippen molar-refractivity contribution in [3.8, 4) is 0 Å². The Kier molecular flexibility index (Phi) is 4.63. The van der Waals surface area contributed by atoms with E-state index in [4.69, 9.17) is 5.73 Å². The molecule has 0 spiro atoms. The SMILES string of the molecule is CCCn1ccnc1CC(N)C1(N(C)C)CCCC1. The van der Waals surface area contributed by atoms with Crippen LogP contribution in [0.15, 0.2) is 12.4 Å². The van der Waals surface area contributed by atoms with Crippen LogP contribution in [0.2, 0.25) is 0 Å². The normalized spacial score (nSPS) is 20.1. The second-order valence-corrected chi connectivity index (χ2v) is 6.05. The number of likely N-dealkylation sites (N-methyl/N-ethyl adjacent to an activating group) is 1. The van der Waals surface area contributed by atoms with Crippen LogP contribution in [0.1, 0.15) is 44.9 Å². The van der Waals surface area contributed by atoms with Crippen molar-refractivity contribution in [3.63, 3.8) is 0 Å². The first-order chi connectivity index (χ1) is 9.10. The van der Waals surface area contributed by atoms with E-state index in [0.717, 1.165) is 25.2 Å². The Bertz CT molecular complexity index is 391. The molecule has 1 atom stereocenters. The molecule has 0 bridgehead atoms. The predicted octanol–water partition coefficient (Wildman–Crippen LogP) is 2.04. The van der Waals surface area contributed by atoms with Gasteiger partial charge in [-0.2, -0.15) is 0 Å². The highest BCUT2D eigenvalue weighted by Crippen LogP contribution is 2.36. The lowest BCUT2D eigenvalue weighted by atomic mass is 9.85. The van der Waals surface area contributed by atoms with Gasteiger partial charge in [-0.1, -0.05) is 19.8 Å². The van der Waals surface area contributed by atoms with Gasteiger partial charge in [0.25, 0.3) is 0 Å². The molecule has 0 aliphatic heterocycles. The molecule has 1 saturated carbocycles. The van der Waals surface area contributed by atoms with Crippen molar-refractivity contribution in [2.45, 2.75) is 63.6 Å². The molecule has 2 N–H and O–H groups in total. The summed E-state index contributed by atoms with van der Waals surface area (Å²) in [6, 6.07) is 0.169. The van der Waals surface area contributed by atoms with E-state index in [0.29, 0.717) is 0 Å². The zero-order chi connectivity index (χ0) is 13.9. The second-order valence-electron chi connectivity index (χ2n) is 6.05. The first-order valence-electron chi connectivity index (χ1n) is 7.53. The van der Waals surface area contributed by atoms with Gasteiger partial charge >= 0.3 is 0 Å². The van der Waals surface area contributed by atoms with Crippen LogP contribution in [-0.4, -0.2) is 40.1 Å². The first kappa shape index (κ1) is 14.5. The van der Waals surface area contributed by atoms with E-state index in [1.54, 1.807) is 0 Å². The van der Waals surface area contributed by atoms with E-state index >= 15 is 0 Å². The zero-order valence-electron chi connectivity index (χ0n) is 12.6. The van der Waals surface area contributed by atoms with E-state index in [9.17, 15) is 0 Å². The summed E-state index contributed by atoms with van der Waals surface area (Å²) in [5.74, 6) is 1.14. The summed E-state index contributed by atoms with van der Waals surface area (Å²) < 4.78 is 2.25. The van der Waals surface area contributed by atoms with Crippen molar-refractivity contribution < 1.29 is 0 Å². The van der Waals surface area contributed by atoms with Crippen LogP contribution in [-0.2, 0) is 13.0 Å². The minimum atomic E-state index is 0.169. The van der Waals surface area contributed by atoms with Gasteiger partial charge < -0.3 is 15.2 Å². The fraction of sp³-hybridized carbons (Fsp3) is 0.800. The van der Waals surface area contributed by atoms with E-state index in [-0.39, 0.29) is 11.6 Å². The molecule has 108 valence electrons. The molecule has 4 heteroatoms. The maximum absolute atomic E-state index is 6.58. The summed E-state index contributed by atoms with van der Waals surface area (Å²) >= 11 is 0. The van der Waals surface area contributed by atoms with E-state index in [1.165, 1.54) is 25.7 Å². The summed E-state index contributed by atoms with van der Waals surface area (Å²) in [6.07, 6.45) is 11.0. The molecule has 1 aliphatic rings. The Morgan fingerprint density at radius 2 is 2.11 bits per heavy atom. The molecule has 2 rings (SSSR count). The van der Waals surface area contributed by atoms with Crippen LogP contribution in [0.3, 0.4) is 0 Å². The molecular formula is C15H28N4. The van der Waals surface area contributed by atoms with Crippen molar-refractivity contribution in [1.29, 1.82) is 0 Å². The lowest BCUT2D eigenvalue weighted by molar-refractivity contribution is 0.121. The summed E-state index contributed by atoms with van der Waals surface area (Å²) in [4.78, 5) is 6.85. The molecule has 1 aliphatic carbocycles. The number of aryl methyl sites for hydroxylation is 1. The lowest BCUT2D eigenvalue weighted by Crippen LogP contribution is -2.56. The van der Waals surface area contributed by atoms with Gasteiger partial charge in [0.05, 0.1) is 0 Å². The fourth-order valence-electron chi connectivity index (χ4n) is 3.50. The summed E-state index contributed by atoms with van der Waals surface area (Å²) in [5.41, 5.74) is 6.75. The second kappa shape index (κ2) is 6.06. The van der Waals surface area contributed by atoms with Gasteiger partial charge in [0, 0.05) is 36.9 Å². The quantitative estimate of drug-likeness (QED) is 0.855. The van der Waals surface area contributed by atoms with Crippen LogP contribution in [0, 0.1) is 0 Å². The molecule has 0 aromatic carbocycles. The number of hydrogen-bond donors (Lipinski definition) is 1. The molecule has 19 heavy (non-hydrogen) atoms. The van der Waals surface area contributed by atoms with Crippen molar-refractivity contribution in [2.24, 2.45) is 5.73 Å². The van der Waals surface area contributed by atoms with Crippen LogP contribution < -0.4 is 5.73 Å². The first-order valence-corrected chi connectivity index (χ1v) is 7.53. The summed E-state index contributed by atoms with van der Waals surface area (Å²) in [6.45, 7) is 3.24. The maximum atomic E-state index is 6.58. The molecule has 0 amide bonds. The monoisotopic (exact) mass is 264 g/mol. The molecule has 0 saturated heterocycles. The van der Waals surface area contributed by atoms with Gasteiger partial charge in [0.15, 0.2) is 0 Å². The molecule has 0 radical (unpaired) electrons. The average molecular weight is 264 g/mol. The predicted molar refractivity (Wildman–Crippen MR) is 79.1 cm³/mol. The van der Waals surface area contributed by atoms with Crippen LogP contribution in [0.5, 0.6) is 0 Å². The Balaban J connectivity index is 2.10. The third-order valence-electron chi connectivity index (χ3n) is 4.72. The number of nitrogens with zero attached hydrogens (tertiary/aromatic N) is 3. The largest absolute Gasteiger partial charge is 0.335 e. The highest BCUT2D eigenvalue weighted by Gasteiger charge is 2.41. The minimum Gasteiger partial charge on any atom is -0.335 e. The molecule has 1 aromatic heterocycles. The highest BCUT2D eigenvalue weighted by atomic mass is 15.2. The minimum absolute atomic E-state index is 0.169. The van der Waals surface area contributed by atoms with Crippen molar-refractivity contribution in [1.82, 2.24) is 14.5 Å². The van der Waals surface area contributed by atoms with Crippen molar-refractivity contribution >= 4 is 0 Å². The van der Waals surface area contributed by atoms with Gasteiger partial charge in [0.2, 0.25) is 0 Å². The van der Waals surface area contributed by atoms with Crippen LogP contribution in [0.4, 0.5) is 0 Å². The summed E-state index contributed by atoms with van der Waals surface area (Å²) in [5, 5.41) is 0. The molecule has 4 nitrogen and oxygen atoms in total. The van der Waals surface area contributed by atoms with Gasteiger partial charge in [-0.3, -0.25) is 0 Å². The van der Waals surface area contributed by atoms with Gasteiger partial charge in [-0.25, -0.2) is 4.98 Å². The Labute approximate surface area is 117 Å². The number of nitrogens with two attached hydrogens (primary N) is 1. The van der Waals surface area contributed by atoms with Gasteiger partial charge in [-0.05, 0) is 33.4 Å². The van der Waals surface area contributed by atoms with Crippen molar-refractivity contribution in [3.05, 3.63) is 18.2 Å². The highest BCUT2D eigenvalue weighted by molar-refractivity contribution is 5.06. The fourth-order valence-corrected chi connectivity index (χ4v) is 3.50. The number of imidazole rings is 1. The smallest absolute Gasteiger partial charge is 0.110 e. The number of rotatable bonds is 6. The zero-order valence-corrected chi connectivity index (χ0v) is 12.6.